The van der Waals surface area contributed by atoms with Crippen LogP contribution in [0, 0.1) is 0 Å². The number of furan rings is 2. The van der Waals surface area contributed by atoms with E-state index in [1.165, 1.54) is 0 Å². The SMILES string of the molecule is [2H]c1c([2H])c([2H])c(-c2nc(-c3ccc4oc5c(-c6cccc7c6oc6ccccc67)cccc5c4c3)nc(-c3c([2H])c([2H])c([2H])c([2H])c3[2H])n2)c([2H])c1[2H]. The van der Waals surface area contributed by atoms with Crippen LogP contribution in [0.3, 0.4) is 0 Å². The largest absolute Gasteiger partial charge is 0.455 e. The normalized spacial score (nSPS) is 14.8. The highest BCUT2D eigenvalue weighted by atomic mass is 16.3. The predicted octanol–water partition coefficient (Wildman–Crippen LogP) is 10.3. The zero-order valence-corrected chi connectivity index (χ0v) is 22.7. The van der Waals surface area contributed by atoms with Crippen LogP contribution in [-0.2, 0) is 0 Å². The van der Waals surface area contributed by atoms with Gasteiger partial charge in [0, 0.05) is 49.4 Å². The van der Waals surface area contributed by atoms with Crippen LogP contribution in [0.25, 0.3) is 89.2 Å². The number of hydrogen-bond donors (Lipinski definition) is 0. The number of benzene rings is 6. The van der Waals surface area contributed by atoms with Gasteiger partial charge in [-0.25, -0.2) is 15.0 Å². The van der Waals surface area contributed by atoms with Crippen LogP contribution in [0.15, 0.2) is 148 Å². The number of para-hydroxylation sites is 3. The minimum atomic E-state index is -0.613. The molecule has 0 aliphatic rings. The van der Waals surface area contributed by atoms with Crippen LogP contribution in [0.5, 0.6) is 0 Å². The molecule has 0 N–H and O–H groups in total. The van der Waals surface area contributed by atoms with Crippen molar-refractivity contribution in [2.75, 3.05) is 0 Å². The van der Waals surface area contributed by atoms with Crippen molar-refractivity contribution >= 4 is 43.9 Å². The topological polar surface area (TPSA) is 65.0 Å². The third kappa shape index (κ3) is 3.91. The molecule has 0 radical (unpaired) electrons. The van der Waals surface area contributed by atoms with E-state index in [0.29, 0.717) is 22.1 Å². The molecule has 0 aliphatic carbocycles. The number of rotatable bonds is 4. The average Bonchev–Trinajstić information content (AvgIpc) is 3.76. The summed E-state index contributed by atoms with van der Waals surface area (Å²) < 4.78 is 96.3. The van der Waals surface area contributed by atoms with E-state index in [-0.39, 0.29) is 28.6 Å². The zero-order chi connectivity index (χ0) is 37.7. The second-order valence-electron chi connectivity index (χ2n) is 10.1. The minimum absolute atomic E-state index is 0.0342. The molecule has 0 aliphatic heterocycles. The van der Waals surface area contributed by atoms with Gasteiger partial charge in [-0.05, 0) is 24.3 Å². The first-order valence-electron chi connectivity index (χ1n) is 18.7. The summed E-state index contributed by atoms with van der Waals surface area (Å²) in [5.74, 6) is -0.706. The van der Waals surface area contributed by atoms with Gasteiger partial charge in [0.1, 0.15) is 22.3 Å². The quantitative estimate of drug-likeness (QED) is 0.209. The van der Waals surface area contributed by atoms with Gasteiger partial charge in [0.25, 0.3) is 0 Å². The van der Waals surface area contributed by atoms with Crippen molar-refractivity contribution in [3.63, 3.8) is 0 Å². The summed E-state index contributed by atoms with van der Waals surface area (Å²) in [6.45, 7) is 0. The Morgan fingerprint density at radius 3 is 1.55 bits per heavy atom. The molecule has 0 fully saturated rings. The summed E-state index contributed by atoms with van der Waals surface area (Å²) in [7, 11) is 0. The van der Waals surface area contributed by atoms with E-state index >= 15 is 0 Å². The van der Waals surface area contributed by atoms with E-state index in [0.717, 1.165) is 38.5 Å². The zero-order valence-electron chi connectivity index (χ0n) is 32.7. The van der Waals surface area contributed by atoms with E-state index in [2.05, 4.69) is 15.0 Å². The Morgan fingerprint density at radius 2 is 0.932 bits per heavy atom. The molecule has 206 valence electrons. The van der Waals surface area contributed by atoms with Gasteiger partial charge in [0.2, 0.25) is 0 Å². The van der Waals surface area contributed by atoms with Gasteiger partial charge >= 0.3 is 0 Å². The summed E-state index contributed by atoms with van der Waals surface area (Å²) in [5.41, 5.74) is 4.02. The lowest BCUT2D eigenvalue weighted by Crippen LogP contribution is -2.00. The van der Waals surface area contributed by atoms with Gasteiger partial charge in [-0.2, -0.15) is 0 Å². The lowest BCUT2D eigenvalue weighted by atomic mass is 9.99. The fraction of sp³-hybridized carbons (Fsp3) is 0. The summed E-state index contributed by atoms with van der Waals surface area (Å²) in [4.78, 5) is 13.5. The average molecular weight is 576 g/mol. The third-order valence-electron chi connectivity index (χ3n) is 7.53. The van der Waals surface area contributed by atoms with Crippen LogP contribution in [0.2, 0.25) is 0 Å². The molecule has 0 atom stereocenters. The maximum atomic E-state index is 8.60. The van der Waals surface area contributed by atoms with E-state index in [9.17, 15) is 0 Å². The Morgan fingerprint density at radius 1 is 0.432 bits per heavy atom. The second-order valence-corrected chi connectivity index (χ2v) is 10.1. The molecule has 0 amide bonds. The Balaban J connectivity index is 1.28. The van der Waals surface area contributed by atoms with Gasteiger partial charge in [-0.3, -0.25) is 0 Å². The van der Waals surface area contributed by atoms with E-state index in [1.54, 1.807) is 18.2 Å². The molecule has 0 saturated heterocycles. The predicted molar refractivity (Wildman–Crippen MR) is 176 cm³/mol. The molecule has 9 rings (SSSR count). The first kappa shape index (κ1) is 16.5. The van der Waals surface area contributed by atoms with Gasteiger partial charge in [-0.1, -0.05) is 115 Å². The van der Waals surface area contributed by atoms with Crippen molar-refractivity contribution in [3.8, 4) is 45.3 Å². The highest BCUT2D eigenvalue weighted by molar-refractivity contribution is 6.15. The fourth-order valence-corrected chi connectivity index (χ4v) is 5.56. The molecular weight excluding hydrogens is 542 g/mol. The Hall–Kier alpha value is -6.07. The van der Waals surface area contributed by atoms with Gasteiger partial charge < -0.3 is 8.83 Å². The molecule has 9 aromatic rings. The number of aromatic nitrogens is 3. The van der Waals surface area contributed by atoms with Gasteiger partial charge in [0.05, 0.1) is 13.7 Å². The molecule has 3 aromatic heterocycles. The molecular formula is C39H23N3O2. The Bertz CT molecular complexity index is 2940. The standard InChI is InChI=1S/C39H23N3O2/c1-3-11-24(12-4-1)37-40-38(25-13-5-2-6-14-25)42-39(41-37)26-21-22-34-32(23-26)31-19-10-18-30(36(31)44-34)29-17-9-16-28-27-15-7-8-20-33(27)43-35(28)29/h1-23H/i1D,2D,3D,4D,5D,6D,11D,12D,13D,14D. The fourth-order valence-electron chi connectivity index (χ4n) is 5.56. The minimum Gasteiger partial charge on any atom is -0.455 e. The Kier molecular flexibility index (Phi) is 3.66. The van der Waals surface area contributed by atoms with Crippen LogP contribution < -0.4 is 0 Å². The van der Waals surface area contributed by atoms with Crippen LogP contribution in [0.4, 0.5) is 0 Å². The highest BCUT2D eigenvalue weighted by Crippen LogP contribution is 2.41. The van der Waals surface area contributed by atoms with Crippen molar-refractivity contribution in [1.29, 1.82) is 0 Å². The maximum absolute atomic E-state index is 8.60. The monoisotopic (exact) mass is 575 g/mol. The molecule has 0 unspecified atom stereocenters. The first-order chi connectivity index (χ1) is 25.9. The van der Waals surface area contributed by atoms with Crippen LogP contribution in [-0.4, -0.2) is 15.0 Å². The lowest BCUT2D eigenvalue weighted by Gasteiger charge is -2.08. The molecule has 5 heteroatoms. The van der Waals surface area contributed by atoms with Crippen LogP contribution in [0.1, 0.15) is 13.7 Å². The molecule has 3 heterocycles. The molecule has 44 heavy (non-hydrogen) atoms. The van der Waals surface area contributed by atoms with Gasteiger partial charge in [0.15, 0.2) is 17.5 Å². The molecule has 6 aromatic carbocycles. The summed E-state index contributed by atoms with van der Waals surface area (Å²) in [6.07, 6.45) is 0. The van der Waals surface area contributed by atoms with Crippen molar-refractivity contribution in [2.24, 2.45) is 0 Å². The summed E-state index contributed by atoms with van der Waals surface area (Å²) in [5, 5.41) is 3.43. The summed E-state index contributed by atoms with van der Waals surface area (Å²) in [6, 6.07) is 18.8. The Labute approximate surface area is 266 Å². The molecule has 5 nitrogen and oxygen atoms in total. The number of hydrogen-bond acceptors (Lipinski definition) is 5. The van der Waals surface area contributed by atoms with Crippen LogP contribution >= 0.6 is 0 Å². The summed E-state index contributed by atoms with van der Waals surface area (Å²) >= 11 is 0. The smallest absolute Gasteiger partial charge is 0.164 e. The molecule has 0 spiro atoms. The van der Waals surface area contributed by atoms with Crippen molar-refractivity contribution < 1.29 is 22.5 Å². The van der Waals surface area contributed by atoms with E-state index in [1.807, 2.05) is 60.7 Å². The maximum Gasteiger partial charge on any atom is 0.164 e. The highest BCUT2D eigenvalue weighted by Gasteiger charge is 2.19. The number of fused-ring (bicyclic) bond motifs is 6. The van der Waals surface area contributed by atoms with E-state index < -0.39 is 60.4 Å². The molecule has 0 saturated carbocycles. The van der Waals surface area contributed by atoms with E-state index in [4.69, 9.17) is 22.5 Å². The number of nitrogens with zero attached hydrogens (tertiary/aromatic N) is 3. The van der Waals surface area contributed by atoms with Gasteiger partial charge in [-0.15, -0.1) is 0 Å². The van der Waals surface area contributed by atoms with Crippen molar-refractivity contribution in [1.82, 2.24) is 15.0 Å². The third-order valence-corrected chi connectivity index (χ3v) is 7.53. The first-order valence-corrected chi connectivity index (χ1v) is 13.7. The van der Waals surface area contributed by atoms with Crippen molar-refractivity contribution in [3.05, 3.63) is 139 Å². The second kappa shape index (κ2) is 9.75. The lowest BCUT2D eigenvalue weighted by molar-refractivity contribution is 0.665. The van der Waals surface area contributed by atoms with Crippen molar-refractivity contribution in [2.45, 2.75) is 0 Å². The molecule has 0 bridgehead atoms.